The Balaban J connectivity index is 2.48. The number of methoxy groups -OCH3 is 1. The highest BCUT2D eigenvalue weighted by Crippen LogP contribution is 2.41. The molecule has 0 amide bonds. The van der Waals surface area contributed by atoms with E-state index in [9.17, 15) is 4.39 Å². The fourth-order valence-electron chi connectivity index (χ4n) is 2.51. The molecule has 2 nitrogen and oxygen atoms in total. The average Bonchev–Trinajstić information content (AvgIpc) is 2.34. The first-order valence-corrected chi connectivity index (χ1v) is 6.26. The van der Waals surface area contributed by atoms with Gasteiger partial charge in [0.05, 0.1) is 12.1 Å². The molecule has 4 heteroatoms. The number of rotatable bonds is 2. The van der Waals surface area contributed by atoms with E-state index < -0.39 is 0 Å². The third kappa shape index (κ3) is 2.40. The predicted molar refractivity (Wildman–Crippen MR) is 67.5 cm³/mol. The second kappa shape index (κ2) is 5.23. The molecule has 0 spiro atoms. The maximum Gasteiger partial charge on any atom is 0.142 e. The van der Waals surface area contributed by atoms with Crippen LogP contribution in [0, 0.1) is 12.7 Å². The van der Waals surface area contributed by atoms with Crippen LogP contribution in [0.3, 0.4) is 0 Å². The van der Waals surface area contributed by atoms with Crippen LogP contribution < -0.4 is 10.1 Å². The van der Waals surface area contributed by atoms with Gasteiger partial charge in [0, 0.05) is 5.56 Å². The molecule has 0 saturated carbocycles. The first-order valence-electron chi connectivity index (χ1n) is 5.88. The minimum Gasteiger partial charge on any atom is -0.496 e. The topological polar surface area (TPSA) is 21.3 Å². The Morgan fingerprint density at radius 2 is 2.06 bits per heavy atom. The number of halogens is 2. The number of aryl methyl sites for hydroxylation is 1. The molecule has 1 fully saturated rings. The Morgan fingerprint density at radius 3 is 2.65 bits per heavy atom. The van der Waals surface area contributed by atoms with Gasteiger partial charge in [-0.3, -0.25) is 0 Å². The first kappa shape index (κ1) is 12.7. The summed E-state index contributed by atoms with van der Waals surface area (Å²) in [5.41, 5.74) is 1.65. The number of ether oxygens (including phenoxy) is 1. The SMILES string of the molecule is COc1c(C)cc(F)c(Cl)c1C1CCNCC1. The molecule has 94 valence electrons. The molecule has 1 aliphatic rings. The summed E-state index contributed by atoms with van der Waals surface area (Å²) < 4.78 is 19.1. The molecule has 1 heterocycles. The van der Waals surface area contributed by atoms with E-state index in [1.54, 1.807) is 7.11 Å². The van der Waals surface area contributed by atoms with Crippen LogP contribution in [0.15, 0.2) is 6.07 Å². The summed E-state index contributed by atoms with van der Waals surface area (Å²) in [6, 6.07) is 1.44. The van der Waals surface area contributed by atoms with Crippen molar-refractivity contribution in [2.24, 2.45) is 0 Å². The molecule has 1 saturated heterocycles. The Labute approximate surface area is 106 Å². The van der Waals surface area contributed by atoms with Gasteiger partial charge in [0.25, 0.3) is 0 Å². The lowest BCUT2D eigenvalue weighted by Crippen LogP contribution is -2.27. The summed E-state index contributed by atoms with van der Waals surface area (Å²) >= 11 is 6.11. The van der Waals surface area contributed by atoms with E-state index in [2.05, 4.69) is 5.32 Å². The van der Waals surface area contributed by atoms with Crippen LogP contribution in [0.25, 0.3) is 0 Å². The summed E-state index contributed by atoms with van der Waals surface area (Å²) in [7, 11) is 1.61. The molecule has 0 atom stereocenters. The van der Waals surface area contributed by atoms with Crippen molar-refractivity contribution >= 4 is 11.6 Å². The molecular formula is C13H17ClFNO. The molecule has 1 aliphatic heterocycles. The second-order valence-corrected chi connectivity index (χ2v) is 4.84. The van der Waals surface area contributed by atoms with Gasteiger partial charge < -0.3 is 10.1 Å². The molecule has 1 N–H and O–H groups in total. The first-order chi connectivity index (χ1) is 8.15. The molecule has 0 aliphatic carbocycles. The monoisotopic (exact) mass is 257 g/mol. The van der Waals surface area contributed by atoms with Crippen LogP contribution >= 0.6 is 11.6 Å². The standard InChI is InChI=1S/C13H17ClFNO/c1-8-7-10(15)12(14)11(13(8)17-2)9-3-5-16-6-4-9/h7,9,16H,3-6H2,1-2H3. The highest BCUT2D eigenvalue weighted by Gasteiger charge is 2.25. The number of benzene rings is 1. The number of hydrogen-bond acceptors (Lipinski definition) is 2. The van der Waals surface area contributed by atoms with E-state index in [4.69, 9.17) is 16.3 Å². The van der Waals surface area contributed by atoms with Crippen molar-refractivity contribution in [1.82, 2.24) is 5.32 Å². The molecule has 0 bridgehead atoms. The van der Waals surface area contributed by atoms with Crippen molar-refractivity contribution in [3.63, 3.8) is 0 Å². The van der Waals surface area contributed by atoms with Gasteiger partial charge in [-0.05, 0) is 50.4 Å². The minimum atomic E-state index is -0.349. The maximum atomic E-state index is 13.7. The summed E-state index contributed by atoms with van der Waals surface area (Å²) in [6.07, 6.45) is 1.94. The zero-order valence-electron chi connectivity index (χ0n) is 10.1. The Bertz CT molecular complexity index is 416. The molecule has 1 aromatic rings. The lowest BCUT2D eigenvalue weighted by molar-refractivity contribution is 0.387. The van der Waals surface area contributed by atoms with Gasteiger partial charge in [-0.1, -0.05) is 11.6 Å². The lowest BCUT2D eigenvalue weighted by atomic mass is 9.88. The minimum absolute atomic E-state index is 0.222. The van der Waals surface area contributed by atoms with Crippen molar-refractivity contribution in [3.8, 4) is 5.75 Å². The predicted octanol–water partition coefficient (Wildman–Crippen LogP) is 3.26. The van der Waals surface area contributed by atoms with Crippen LogP contribution in [0.2, 0.25) is 5.02 Å². The van der Waals surface area contributed by atoms with Crippen LogP contribution in [-0.4, -0.2) is 20.2 Å². The van der Waals surface area contributed by atoms with Gasteiger partial charge in [-0.15, -0.1) is 0 Å². The summed E-state index contributed by atoms with van der Waals surface area (Å²) in [5.74, 6) is 0.676. The van der Waals surface area contributed by atoms with Gasteiger partial charge in [0.1, 0.15) is 11.6 Å². The van der Waals surface area contributed by atoms with Crippen LogP contribution in [0.5, 0.6) is 5.75 Å². The van der Waals surface area contributed by atoms with Gasteiger partial charge in [0.2, 0.25) is 0 Å². The quantitative estimate of drug-likeness (QED) is 0.878. The summed E-state index contributed by atoms with van der Waals surface area (Å²) in [4.78, 5) is 0. The average molecular weight is 258 g/mol. The molecular weight excluding hydrogens is 241 g/mol. The van der Waals surface area contributed by atoms with Crippen LogP contribution in [0.4, 0.5) is 4.39 Å². The second-order valence-electron chi connectivity index (χ2n) is 4.46. The zero-order chi connectivity index (χ0) is 12.4. The van der Waals surface area contributed by atoms with E-state index in [1.165, 1.54) is 6.07 Å². The van der Waals surface area contributed by atoms with Crippen LogP contribution in [-0.2, 0) is 0 Å². The van der Waals surface area contributed by atoms with E-state index in [1.807, 2.05) is 6.92 Å². The molecule has 1 aromatic carbocycles. The molecule has 2 rings (SSSR count). The number of hydrogen-bond donors (Lipinski definition) is 1. The third-order valence-electron chi connectivity index (χ3n) is 3.34. The fraction of sp³-hybridized carbons (Fsp3) is 0.538. The Kier molecular flexibility index (Phi) is 3.89. The summed E-state index contributed by atoms with van der Waals surface area (Å²) in [5, 5.41) is 3.51. The Morgan fingerprint density at radius 1 is 1.41 bits per heavy atom. The zero-order valence-corrected chi connectivity index (χ0v) is 10.9. The fourth-order valence-corrected chi connectivity index (χ4v) is 2.80. The highest BCUT2D eigenvalue weighted by atomic mass is 35.5. The lowest BCUT2D eigenvalue weighted by Gasteiger charge is -2.26. The van der Waals surface area contributed by atoms with E-state index >= 15 is 0 Å². The molecule has 17 heavy (non-hydrogen) atoms. The smallest absolute Gasteiger partial charge is 0.142 e. The van der Waals surface area contributed by atoms with E-state index in [-0.39, 0.29) is 16.8 Å². The van der Waals surface area contributed by atoms with Gasteiger partial charge in [-0.25, -0.2) is 4.39 Å². The van der Waals surface area contributed by atoms with Gasteiger partial charge in [-0.2, -0.15) is 0 Å². The van der Waals surface area contributed by atoms with Crippen molar-refractivity contribution < 1.29 is 9.13 Å². The van der Waals surface area contributed by atoms with E-state index in [0.29, 0.717) is 0 Å². The number of nitrogens with one attached hydrogen (secondary N) is 1. The highest BCUT2D eigenvalue weighted by molar-refractivity contribution is 6.31. The maximum absolute atomic E-state index is 13.7. The largest absolute Gasteiger partial charge is 0.496 e. The third-order valence-corrected chi connectivity index (χ3v) is 3.73. The molecule has 0 radical (unpaired) electrons. The normalized spacial score (nSPS) is 17.2. The summed E-state index contributed by atoms with van der Waals surface area (Å²) in [6.45, 7) is 3.74. The van der Waals surface area contributed by atoms with Crippen molar-refractivity contribution in [2.45, 2.75) is 25.7 Å². The molecule has 0 aromatic heterocycles. The molecule has 0 unspecified atom stereocenters. The van der Waals surface area contributed by atoms with Gasteiger partial charge >= 0.3 is 0 Å². The van der Waals surface area contributed by atoms with Crippen LogP contribution in [0.1, 0.15) is 29.9 Å². The van der Waals surface area contributed by atoms with Crippen molar-refractivity contribution in [3.05, 3.63) is 28.0 Å². The van der Waals surface area contributed by atoms with Gasteiger partial charge in [0.15, 0.2) is 0 Å². The van der Waals surface area contributed by atoms with Crippen molar-refractivity contribution in [1.29, 1.82) is 0 Å². The van der Waals surface area contributed by atoms with Crippen molar-refractivity contribution in [2.75, 3.05) is 20.2 Å². The van der Waals surface area contributed by atoms with E-state index in [0.717, 1.165) is 42.8 Å². The number of piperidine rings is 1. The Hall–Kier alpha value is -0.800.